The summed E-state index contributed by atoms with van der Waals surface area (Å²) in [5.41, 5.74) is -0.156. The second-order valence-electron chi connectivity index (χ2n) is 4.37. The van der Waals surface area contributed by atoms with Gasteiger partial charge in [0.2, 0.25) is 5.91 Å². The molecule has 0 aliphatic carbocycles. The van der Waals surface area contributed by atoms with E-state index in [-0.39, 0.29) is 14.9 Å². The number of benzene rings is 1. The third-order valence-corrected chi connectivity index (χ3v) is 5.78. The first-order chi connectivity index (χ1) is 9.09. The van der Waals surface area contributed by atoms with E-state index in [0.29, 0.717) is 0 Å². The summed E-state index contributed by atoms with van der Waals surface area (Å²) in [4.78, 5) is 23.7. The zero-order valence-corrected chi connectivity index (χ0v) is 13.5. The van der Waals surface area contributed by atoms with Gasteiger partial charge in [0.25, 0.3) is 0 Å². The van der Waals surface area contributed by atoms with Gasteiger partial charge in [-0.1, -0.05) is 0 Å². The molecule has 1 amide bonds. The van der Waals surface area contributed by atoms with E-state index in [9.17, 15) is 18.0 Å². The van der Waals surface area contributed by atoms with Crippen LogP contribution >= 0.6 is 15.9 Å². The molecule has 1 aromatic carbocycles. The molecule has 0 fully saturated rings. The number of hydrogen-bond acceptors (Lipinski definition) is 4. The minimum atomic E-state index is -3.97. The van der Waals surface area contributed by atoms with E-state index in [1.54, 1.807) is 0 Å². The van der Waals surface area contributed by atoms with Crippen LogP contribution in [0.2, 0.25) is 0 Å². The van der Waals surface area contributed by atoms with Gasteiger partial charge in [0.1, 0.15) is 5.25 Å². The van der Waals surface area contributed by atoms with E-state index in [0.717, 1.165) is 6.07 Å². The number of carbonyl (C=O) groups is 2. The number of carbonyl (C=O) groups excluding carboxylic acids is 1. The minimum absolute atomic E-state index is 0.156. The molecule has 0 radical (unpaired) electrons. The molecule has 0 heterocycles. The van der Waals surface area contributed by atoms with E-state index in [2.05, 4.69) is 15.9 Å². The molecule has 110 valence electrons. The van der Waals surface area contributed by atoms with Crippen molar-refractivity contribution in [1.29, 1.82) is 0 Å². The van der Waals surface area contributed by atoms with Crippen LogP contribution in [0, 0.1) is 0 Å². The molecular weight excluding hydrogens is 350 g/mol. The van der Waals surface area contributed by atoms with Crippen molar-refractivity contribution in [2.75, 3.05) is 14.1 Å². The zero-order chi connectivity index (χ0) is 15.7. The van der Waals surface area contributed by atoms with Gasteiger partial charge in [-0.25, -0.2) is 13.2 Å². The maximum atomic E-state index is 12.4. The summed E-state index contributed by atoms with van der Waals surface area (Å²) in [6, 6.07) is 3.66. The fraction of sp³-hybridized carbons (Fsp3) is 0.333. The first-order valence-corrected chi connectivity index (χ1v) is 7.91. The number of hydrogen-bond donors (Lipinski definition) is 1. The maximum Gasteiger partial charge on any atom is 0.335 e. The van der Waals surface area contributed by atoms with Crippen LogP contribution in [0.5, 0.6) is 0 Å². The lowest BCUT2D eigenvalue weighted by molar-refractivity contribution is -0.127. The highest BCUT2D eigenvalue weighted by Gasteiger charge is 2.32. The van der Waals surface area contributed by atoms with Crippen LogP contribution in [0.15, 0.2) is 27.6 Å². The van der Waals surface area contributed by atoms with Crippen LogP contribution in [0.25, 0.3) is 0 Å². The Morgan fingerprint density at radius 2 is 1.85 bits per heavy atom. The van der Waals surface area contributed by atoms with E-state index < -0.39 is 27.0 Å². The first-order valence-electron chi connectivity index (χ1n) is 5.57. The predicted octanol–water partition coefficient (Wildman–Crippen LogP) is 1.40. The highest BCUT2D eigenvalue weighted by atomic mass is 79.9. The molecule has 1 atom stereocenters. The van der Waals surface area contributed by atoms with Crippen molar-refractivity contribution in [2.24, 2.45) is 0 Å². The van der Waals surface area contributed by atoms with Gasteiger partial charge >= 0.3 is 5.97 Å². The molecule has 8 heteroatoms. The molecule has 20 heavy (non-hydrogen) atoms. The highest BCUT2D eigenvalue weighted by molar-refractivity contribution is 9.10. The van der Waals surface area contributed by atoms with Crippen LogP contribution < -0.4 is 0 Å². The van der Waals surface area contributed by atoms with Crippen molar-refractivity contribution >= 4 is 37.6 Å². The summed E-state index contributed by atoms with van der Waals surface area (Å²) in [7, 11) is -1.06. The summed E-state index contributed by atoms with van der Waals surface area (Å²) in [6.07, 6.45) is 0. The van der Waals surface area contributed by atoms with Crippen molar-refractivity contribution < 1.29 is 23.1 Å². The van der Waals surface area contributed by atoms with Crippen molar-refractivity contribution in [3.63, 3.8) is 0 Å². The summed E-state index contributed by atoms with van der Waals surface area (Å²) in [5, 5.41) is 7.62. The predicted molar refractivity (Wildman–Crippen MR) is 76.4 cm³/mol. The highest BCUT2D eigenvalue weighted by Crippen LogP contribution is 2.27. The van der Waals surface area contributed by atoms with Gasteiger partial charge in [-0.3, -0.25) is 4.79 Å². The molecule has 1 N–H and O–H groups in total. The van der Waals surface area contributed by atoms with Crippen molar-refractivity contribution in [3.8, 4) is 0 Å². The van der Waals surface area contributed by atoms with Gasteiger partial charge < -0.3 is 10.0 Å². The Labute approximate surface area is 125 Å². The third-order valence-electron chi connectivity index (χ3n) is 2.74. The Morgan fingerprint density at radius 1 is 1.30 bits per heavy atom. The summed E-state index contributed by atoms with van der Waals surface area (Å²) >= 11 is 3.07. The van der Waals surface area contributed by atoms with Crippen molar-refractivity contribution in [2.45, 2.75) is 17.1 Å². The van der Waals surface area contributed by atoms with E-state index in [4.69, 9.17) is 5.11 Å². The monoisotopic (exact) mass is 363 g/mol. The quantitative estimate of drug-likeness (QED) is 0.872. The summed E-state index contributed by atoms with van der Waals surface area (Å²) in [6.45, 7) is 1.28. The second-order valence-corrected chi connectivity index (χ2v) is 7.46. The smallest absolute Gasteiger partial charge is 0.335 e. The number of rotatable bonds is 4. The number of sulfone groups is 1. The molecule has 6 nitrogen and oxygen atoms in total. The van der Waals surface area contributed by atoms with Crippen LogP contribution in [0.3, 0.4) is 0 Å². The SMILES string of the molecule is CC(C(=O)N(C)C)S(=O)(=O)c1cc(C(=O)O)ccc1Br. The average Bonchev–Trinajstić information content (AvgIpc) is 2.36. The first kappa shape index (κ1) is 16.6. The topological polar surface area (TPSA) is 91.8 Å². The normalized spacial score (nSPS) is 12.8. The zero-order valence-electron chi connectivity index (χ0n) is 11.1. The summed E-state index contributed by atoms with van der Waals surface area (Å²) < 4.78 is 25.0. The van der Waals surface area contributed by atoms with E-state index in [1.165, 1.54) is 38.1 Å². The Kier molecular flexibility index (Phi) is 4.93. The second kappa shape index (κ2) is 5.92. The van der Waals surface area contributed by atoms with Crippen LogP contribution in [-0.4, -0.2) is 49.6 Å². The largest absolute Gasteiger partial charge is 0.478 e. The standard InChI is InChI=1S/C12H14BrNO5S/c1-7(11(15)14(2)3)20(18,19)10-6-8(12(16)17)4-5-9(10)13/h4-7H,1-3H3,(H,16,17). The van der Waals surface area contributed by atoms with Crippen molar-refractivity contribution in [1.82, 2.24) is 4.90 Å². The fourth-order valence-corrected chi connectivity index (χ4v) is 3.95. The molecule has 0 aliphatic heterocycles. The molecule has 0 bridgehead atoms. The lowest BCUT2D eigenvalue weighted by Crippen LogP contribution is -2.37. The van der Waals surface area contributed by atoms with Crippen LogP contribution in [-0.2, 0) is 14.6 Å². The van der Waals surface area contributed by atoms with Gasteiger partial charge in [-0.05, 0) is 41.1 Å². The Hall–Kier alpha value is -1.41. The summed E-state index contributed by atoms with van der Waals surface area (Å²) in [5.74, 6) is -1.81. The molecule has 0 spiro atoms. The van der Waals surface area contributed by atoms with Gasteiger partial charge in [0.15, 0.2) is 9.84 Å². The average molecular weight is 364 g/mol. The molecule has 1 unspecified atom stereocenters. The number of carboxylic acid groups (broad SMARTS) is 1. The number of nitrogens with zero attached hydrogens (tertiary/aromatic N) is 1. The molecule has 0 saturated heterocycles. The van der Waals surface area contributed by atoms with Gasteiger partial charge in [-0.15, -0.1) is 0 Å². The van der Waals surface area contributed by atoms with Gasteiger partial charge in [0, 0.05) is 18.6 Å². The number of amides is 1. The molecule has 0 aromatic heterocycles. The Balaban J connectivity index is 3.39. The number of halogens is 1. The van der Waals surface area contributed by atoms with E-state index in [1.807, 2.05) is 0 Å². The fourth-order valence-electron chi connectivity index (χ4n) is 1.54. The molecule has 0 saturated carbocycles. The number of carboxylic acids is 1. The molecule has 1 rings (SSSR count). The van der Waals surface area contributed by atoms with E-state index >= 15 is 0 Å². The Morgan fingerprint density at radius 3 is 2.30 bits per heavy atom. The minimum Gasteiger partial charge on any atom is -0.478 e. The van der Waals surface area contributed by atoms with Gasteiger partial charge in [0.05, 0.1) is 10.5 Å². The maximum absolute atomic E-state index is 12.4. The lowest BCUT2D eigenvalue weighted by atomic mass is 10.2. The third kappa shape index (κ3) is 3.18. The van der Waals surface area contributed by atoms with Crippen LogP contribution in [0.1, 0.15) is 17.3 Å². The van der Waals surface area contributed by atoms with Crippen LogP contribution in [0.4, 0.5) is 0 Å². The molecular formula is C12H14BrNO5S. The Bertz CT molecular complexity index is 654. The molecule has 0 aliphatic rings. The van der Waals surface area contributed by atoms with Gasteiger partial charge in [-0.2, -0.15) is 0 Å². The molecule has 1 aromatic rings. The lowest BCUT2D eigenvalue weighted by Gasteiger charge is -2.18. The van der Waals surface area contributed by atoms with Crippen molar-refractivity contribution in [3.05, 3.63) is 28.2 Å². The number of aromatic carboxylic acids is 1.